The predicted molar refractivity (Wildman–Crippen MR) is 54.0 cm³/mol. The fourth-order valence-corrected chi connectivity index (χ4v) is 1.95. The summed E-state index contributed by atoms with van der Waals surface area (Å²) in [6.45, 7) is 0. The van der Waals surface area contributed by atoms with Crippen LogP contribution in [0.5, 0.6) is 0 Å². The zero-order valence-corrected chi connectivity index (χ0v) is 9.68. The van der Waals surface area contributed by atoms with Gasteiger partial charge in [-0.3, -0.25) is 4.79 Å². The molecule has 0 radical (unpaired) electrons. The van der Waals surface area contributed by atoms with E-state index < -0.39 is 16.4 Å². The Kier molecular flexibility index (Phi) is 7.75. The molecule has 0 bridgehead atoms. The van der Waals surface area contributed by atoms with Crippen molar-refractivity contribution < 1.29 is 26.5 Å². The zero-order chi connectivity index (χ0) is 11.7. The van der Waals surface area contributed by atoms with Crippen molar-refractivity contribution >= 4 is 28.4 Å². The second-order valence-electron chi connectivity index (χ2n) is 2.86. The molecule has 1 N–H and O–H groups in total. The summed E-state index contributed by atoms with van der Waals surface area (Å²) in [5, 5.41) is 8.32. The maximum Gasteiger partial charge on any atom is 0.303 e. The fourth-order valence-electron chi connectivity index (χ4n) is 0.884. The number of aliphatic carboxylic acids is 1. The Morgan fingerprint density at radius 2 is 1.87 bits per heavy atom. The normalized spacial score (nSPS) is 11.5. The van der Waals surface area contributed by atoms with Gasteiger partial charge in [0.05, 0.1) is 0 Å². The van der Waals surface area contributed by atoms with Gasteiger partial charge in [0.25, 0.3) is 0 Å². The van der Waals surface area contributed by atoms with Crippen LogP contribution >= 0.6 is 12.0 Å². The van der Waals surface area contributed by atoms with E-state index in [4.69, 9.17) is 5.11 Å². The second-order valence-corrected chi connectivity index (χ2v) is 4.86. The summed E-state index contributed by atoms with van der Waals surface area (Å²) >= 11 is 0.608. The number of hydrogen-bond acceptors (Lipinski definition) is 6. The van der Waals surface area contributed by atoms with Crippen molar-refractivity contribution in [1.29, 1.82) is 0 Å². The van der Waals surface area contributed by atoms with Crippen LogP contribution in [0.15, 0.2) is 0 Å². The number of carboxylic acid groups (broad SMARTS) is 1. The van der Waals surface area contributed by atoms with Crippen LogP contribution in [0.1, 0.15) is 32.1 Å². The van der Waals surface area contributed by atoms with Gasteiger partial charge in [-0.15, -0.1) is 0 Å². The van der Waals surface area contributed by atoms with Gasteiger partial charge in [0, 0.05) is 24.2 Å². The molecule has 0 rings (SSSR count). The molecule has 0 saturated heterocycles. The first-order chi connectivity index (χ1) is 6.92. The average Bonchev–Trinajstić information content (AvgIpc) is 2.07. The second kappa shape index (κ2) is 7.91. The zero-order valence-electron chi connectivity index (χ0n) is 8.05. The molecule has 0 aromatic carbocycles. The third-order valence-electron chi connectivity index (χ3n) is 1.50. The molecule has 0 amide bonds. The van der Waals surface area contributed by atoms with E-state index in [0.29, 0.717) is 30.6 Å². The third kappa shape index (κ3) is 13.7. The van der Waals surface area contributed by atoms with Gasteiger partial charge >= 0.3 is 5.97 Å². The molecule has 0 fully saturated rings. The van der Waals surface area contributed by atoms with E-state index in [1.165, 1.54) is 0 Å². The molecule has 0 aliphatic heterocycles. The van der Waals surface area contributed by atoms with Gasteiger partial charge in [0.2, 0.25) is 10.4 Å². The average molecular weight is 257 g/mol. The highest BCUT2D eigenvalue weighted by Crippen LogP contribution is 2.11. The lowest BCUT2D eigenvalue weighted by Gasteiger charge is -2.05. The lowest BCUT2D eigenvalue weighted by molar-refractivity contribution is -0.137. The number of carboxylic acids is 1. The quantitative estimate of drug-likeness (QED) is 0.286. The molecule has 0 spiro atoms. The van der Waals surface area contributed by atoms with Crippen molar-refractivity contribution in [3.63, 3.8) is 0 Å². The van der Waals surface area contributed by atoms with Gasteiger partial charge in [0.15, 0.2) is 0 Å². The van der Waals surface area contributed by atoms with Crippen LogP contribution in [0.2, 0.25) is 0 Å². The summed E-state index contributed by atoms with van der Waals surface area (Å²) in [6.07, 6.45) is 3.03. The Morgan fingerprint density at radius 3 is 2.40 bits per heavy atom. The highest BCUT2D eigenvalue weighted by molar-refractivity contribution is 8.02. The first kappa shape index (κ1) is 14.7. The lowest BCUT2D eigenvalue weighted by Crippen LogP contribution is -1.98. The summed E-state index contributed by atoms with van der Waals surface area (Å²) < 4.78 is 33.8. The molecule has 6 nitrogen and oxygen atoms in total. The maximum atomic E-state index is 10.1. The minimum absolute atomic E-state index is 0.151. The van der Waals surface area contributed by atoms with Crippen molar-refractivity contribution in [2.45, 2.75) is 32.1 Å². The molecule has 0 aliphatic rings. The third-order valence-corrected chi connectivity index (χ3v) is 3.01. The molecule has 90 valence electrons. The fraction of sp³-hybridized carbons (Fsp3) is 0.857. The van der Waals surface area contributed by atoms with Gasteiger partial charge in [-0.1, -0.05) is 12.8 Å². The smallest absolute Gasteiger partial charge is 0.303 e. The summed E-state index contributed by atoms with van der Waals surface area (Å²) in [5.74, 6) is -0.403. The Labute approximate surface area is 93.2 Å². The Morgan fingerprint density at radius 1 is 1.27 bits per heavy atom. The number of carbonyl (C=O) groups is 1. The van der Waals surface area contributed by atoms with Gasteiger partial charge in [0.1, 0.15) is 0 Å². The minimum Gasteiger partial charge on any atom is -0.725 e. The topological polar surface area (TPSA) is 104 Å². The van der Waals surface area contributed by atoms with Crippen molar-refractivity contribution in [3.05, 3.63) is 0 Å². The highest BCUT2D eigenvalue weighted by atomic mass is 32.3. The SMILES string of the molecule is O=C(O)CCCCCCSOS(=O)(=O)[O-]. The molecular weight excluding hydrogens is 244 g/mol. The number of unbranched alkanes of at least 4 members (excludes halogenated alkanes) is 3. The molecule has 0 saturated carbocycles. The van der Waals surface area contributed by atoms with Gasteiger partial charge in [-0.05, 0) is 12.8 Å². The van der Waals surface area contributed by atoms with Crippen molar-refractivity contribution in [2.24, 2.45) is 0 Å². The minimum atomic E-state index is -4.60. The predicted octanol–water partition coefficient (Wildman–Crippen LogP) is 1.15. The van der Waals surface area contributed by atoms with Crippen molar-refractivity contribution in [1.82, 2.24) is 0 Å². The highest BCUT2D eigenvalue weighted by Gasteiger charge is 1.98. The molecule has 0 atom stereocenters. The van der Waals surface area contributed by atoms with Gasteiger partial charge < -0.3 is 9.66 Å². The largest absolute Gasteiger partial charge is 0.725 e. The van der Waals surface area contributed by atoms with E-state index in [9.17, 15) is 17.8 Å². The summed E-state index contributed by atoms with van der Waals surface area (Å²) in [4.78, 5) is 10.1. The molecule has 0 aromatic rings. The molecule has 0 aliphatic carbocycles. The van der Waals surface area contributed by atoms with Gasteiger partial charge in [-0.25, -0.2) is 12.0 Å². The first-order valence-electron chi connectivity index (χ1n) is 4.40. The van der Waals surface area contributed by atoms with Crippen LogP contribution in [0, 0.1) is 0 Å². The van der Waals surface area contributed by atoms with Crippen LogP contribution in [-0.2, 0) is 18.8 Å². The summed E-state index contributed by atoms with van der Waals surface area (Å²) in [6, 6.07) is 0. The molecule has 15 heavy (non-hydrogen) atoms. The van der Waals surface area contributed by atoms with Crippen LogP contribution in [0.4, 0.5) is 0 Å². The standard InChI is InChI=1S/C7H14O6S2/c8-7(9)5-3-1-2-4-6-14-13-15(10,11)12/h1-6H2,(H,8,9)(H,10,11,12)/p-1. The van der Waals surface area contributed by atoms with E-state index in [1.807, 2.05) is 0 Å². The van der Waals surface area contributed by atoms with E-state index in [0.717, 1.165) is 12.8 Å². The molecule has 0 heterocycles. The number of rotatable bonds is 9. The van der Waals surface area contributed by atoms with Crippen molar-refractivity contribution in [2.75, 3.05) is 5.75 Å². The van der Waals surface area contributed by atoms with Crippen LogP contribution in [0.25, 0.3) is 0 Å². The van der Waals surface area contributed by atoms with E-state index >= 15 is 0 Å². The van der Waals surface area contributed by atoms with Crippen LogP contribution in [-0.4, -0.2) is 29.8 Å². The van der Waals surface area contributed by atoms with E-state index in [1.54, 1.807) is 0 Å². The molecule has 8 heteroatoms. The van der Waals surface area contributed by atoms with Gasteiger partial charge in [-0.2, -0.15) is 0 Å². The van der Waals surface area contributed by atoms with Crippen molar-refractivity contribution in [3.8, 4) is 0 Å². The van der Waals surface area contributed by atoms with Crippen LogP contribution in [0.3, 0.4) is 0 Å². The summed E-state index contributed by atoms with van der Waals surface area (Å²) in [7, 11) is -4.60. The first-order valence-corrected chi connectivity index (χ1v) is 6.65. The molecule has 0 unspecified atom stereocenters. The van der Waals surface area contributed by atoms with E-state index in [2.05, 4.69) is 3.63 Å². The Balaban J connectivity index is 3.16. The van der Waals surface area contributed by atoms with Crippen LogP contribution < -0.4 is 0 Å². The maximum absolute atomic E-state index is 10.1. The number of hydrogen-bond donors (Lipinski definition) is 1. The lowest BCUT2D eigenvalue weighted by atomic mass is 10.2. The molecular formula is C7H13O6S2-. The monoisotopic (exact) mass is 257 g/mol. The molecule has 0 aromatic heterocycles. The Hall–Kier alpha value is -0.310. The van der Waals surface area contributed by atoms with E-state index in [-0.39, 0.29) is 6.42 Å². The Bertz CT molecular complexity index is 273. The summed E-state index contributed by atoms with van der Waals surface area (Å²) in [5.41, 5.74) is 0.